The molecule has 0 unspecified atom stereocenters. The first-order valence-corrected chi connectivity index (χ1v) is 8.30. The van der Waals surface area contributed by atoms with Crippen molar-refractivity contribution >= 4 is 40.9 Å². The molecular formula is C19H17ClN2O5. The molecule has 0 aromatic heterocycles. The second-order valence-corrected chi connectivity index (χ2v) is 6.19. The molecule has 2 aromatic carbocycles. The van der Waals surface area contributed by atoms with Crippen molar-refractivity contribution in [2.45, 2.75) is 13.8 Å². The van der Waals surface area contributed by atoms with Crippen molar-refractivity contribution in [2.24, 2.45) is 0 Å². The van der Waals surface area contributed by atoms with Gasteiger partial charge in [0.05, 0.1) is 4.92 Å². The predicted molar refractivity (Wildman–Crippen MR) is 103 cm³/mol. The summed E-state index contributed by atoms with van der Waals surface area (Å²) < 4.78 is 4.84. The average molecular weight is 389 g/mol. The molecule has 7 nitrogen and oxygen atoms in total. The molecule has 1 amide bonds. The number of nitro benzene ring substituents is 1. The Bertz CT molecular complexity index is 907. The van der Waals surface area contributed by atoms with E-state index >= 15 is 0 Å². The van der Waals surface area contributed by atoms with Gasteiger partial charge < -0.3 is 10.1 Å². The lowest BCUT2D eigenvalue weighted by Gasteiger charge is -2.09. The summed E-state index contributed by atoms with van der Waals surface area (Å²) >= 11 is 5.77. The first-order valence-electron chi connectivity index (χ1n) is 7.92. The van der Waals surface area contributed by atoms with Gasteiger partial charge in [0.1, 0.15) is 5.69 Å². The molecule has 0 saturated heterocycles. The van der Waals surface area contributed by atoms with Gasteiger partial charge in [-0.2, -0.15) is 0 Å². The minimum atomic E-state index is -0.713. The molecule has 1 N–H and O–H groups in total. The molecule has 2 rings (SSSR count). The van der Waals surface area contributed by atoms with Crippen LogP contribution in [0.1, 0.15) is 16.7 Å². The van der Waals surface area contributed by atoms with Gasteiger partial charge in [0.2, 0.25) is 0 Å². The largest absolute Gasteiger partial charge is 0.452 e. The molecule has 0 fully saturated rings. The van der Waals surface area contributed by atoms with Crippen LogP contribution in [-0.4, -0.2) is 23.4 Å². The number of ether oxygens (including phenoxy) is 1. The second-order valence-electron chi connectivity index (χ2n) is 5.75. The summed E-state index contributed by atoms with van der Waals surface area (Å²) in [7, 11) is 0. The predicted octanol–water partition coefficient (Wildman–Crippen LogP) is 4.06. The Morgan fingerprint density at radius 3 is 2.44 bits per heavy atom. The standard InChI is InChI=1S/C19H17ClN2O5/c1-12-9-16(17(22(25)26)10-13(12)2)21-18(23)11-27-19(24)8-5-14-3-6-15(20)7-4-14/h3-10H,11H2,1-2H3,(H,21,23)/b8-5+. The summed E-state index contributed by atoms with van der Waals surface area (Å²) in [5, 5.41) is 14.1. The van der Waals surface area contributed by atoms with Crippen LogP contribution in [-0.2, 0) is 14.3 Å². The third-order valence-electron chi connectivity index (χ3n) is 3.71. The van der Waals surface area contributed by atoms with Crippen LogP contribution in [0.15, 0.2) is 42.5 Å². The van der Waals surface area contributed by atoms with Gasteiger partial charge in [0.15, 0.2) is 6.61 Å². The number of halogens is 1. The number of hydrogen-bond donors (Lipinski definition) is 1. The van der Waals surface area contributed by atoms with E-state index in [1.54, 1.807) is 38.1 Å². The van der Waals surface area contributed by atoms with Crippen molar-refractivity contribution in [2.75, 3.05) is 11.9 Å². The first-order chi connectivity index (χ1) is 12.8. The topological polar surface area (TPSA) is 98.5 Å². The highest BCUT2D eigenvalue weighted by Gasteiger charge is 2.18. The van der Waals surface area contributed by atoms with Crippen LogP contribution in [0.2, 0.25) is 5.02 Å². The van der Waals surface area contributed by atoms with Gasteiger partial charge in [-0.1, -0.05) is 23.7 Å². The fraction of sp³-hybridized carbons (Fsp3) is 0.158. The summed E-state index contributed by atoms with van der Waals surface area (Å²) in [4.78, 5) is 34.2. The number of esters is 1. The van der Waals surface area contributed by atoms with Crippen LogP contribution in [0.25, 0.3) is 6.08 Å². The lowest BCUT2D eigenvalue weighted by molar-refractivity contribution is -0.384. The molecule has 0 bridgehead atoms. The summed E-state index contributed by atoms with van der Waals surface area (Å²) in [6.45, 7) is 2.95. The molecular weight excluding hydrogens is 372 g/mol. The third kappa shape index (κ3) is 5.93. The average Bonchev–Trinajstić information content (AvgIpc) is 2.62. The van der Waals surface area contributed by atoms with E-state index in [0.717, 1.165) is 16.7 Å². The van der Waals surface area contributed by atoms with Crippen molar-refractivity contribution in [1.82, 2.24) is 0 Å². The lowest BCUT2D eigenvalue weighted by Crippen LogP contribution is -2.20. The Morgan fingerprint density at radius 1 is 1.19 bits per heavy atom. The Hall–Kier alpha value is -3.19. The zero-order chi connectivity index (χ0) is 20.0. The van der Waals surface area contributed by atoms with Crippen LogP contribution in [0, 0.1) is 24.0 Å². The molecule has 27 heavy (non-hydrogen) atoms. The van der Waals surface area contributed by atoms with Crippen molar-refractivity contribution < 1.29 is 19.2 Å². The fourth-order valence-corrected chi connectivity index (χ4v) is 2.29. The molecule has 0 heterocycles. The van der Waals surface area contributed by atoms with Crippen molar-refractivity contribution in [3.05, 3.63) is 74.3 Å². The Balaban J connectivity index is 1.94. The Kier molecular flexibility index (Phi) is 6.67. The number of hydrogen-bond acceptors (Lipinski definition) is 5. The van der Waals surface area contributed by atoms with E-state index in [2.05, 4.69) is 5.32 Å². The van der Waals surface area contributed by atoms with E-state index < -0.39 is 23.4 Å². The zero-order valence-corrected chi connectivity index (χ0v) is 15.4. The van der Waals surface area contributed by atoms with Crippen molar-refractivity contribution in [1.29, 1.82) is 0 Å². The molecule has 0 radical (unpaired) electrons. The molecule has 0 atom stereocenters. The number of amides is 1. The molecule has 8 heteroatoms. The van der Waals surface area contributed by atoms with Gasteiger partial charge in [-0.25, -0.2) is 4.79 Å². The van der Waals surface area contributed by atoms with Gasteiger partial charge in [0, 0.05) is 17.2 Å². The number of nitro groups is 1. The van der Waals surface area contributed by atoms with E-state index in [1.165, 1.54) is 24.3 Å². The highest BCUT2D eigenvalue weighted by atomic mass is 35.5. The molecule has 0 aliphatic rings. The summed E-state index contributed by atoms with van der Waals surface area (Å²) in [5.41, 5.74) is 2.10. The van der Waals surface area contributed by atoms with Crippen molar-refractivity contribution in [3.63, 3.8) is 0 Å². The monoisotopic (exact) mass is 388 g/mol. The van der Waals surface area contributed by atoms with Crippen LogP contribution in [0.3, 0.4) is 0 Å². The van der Waals surface area contributed by atoms with Crippen LogP contribution < -0.4 is 5.32 Å². The van der Waals surface area contributed by atoms with E-state index in [0.29, 0.717) is 5.02 Å². The highest BCUT2D eigenvalue weighted by Crippen LogP contribution is 2.27. The quantitative estimate of drug-likeness (QED) is 0.348. The van der Waals surface area contributed by atoms with E-state index in [1.807, 2.05) is 0 Å². The van der Waals surface area contributed by atoms with Gasteiger partial charge in [0.25, 0.3) is 11.6 Å². The Morgan fingerprint density at radius 2 is 1.81 bits per heavy atom. The van der Waals surface area contributed by atoms with Gasteiger partial charge in [-0.15, -0.1) is 0 Å². The molecule has 0 spiro atoms. The van der Waals surface area contributed by atoms with Gasteiger partial charge in [-0.3, -0.25) is 14.9 Å². The third-order valence-corrected chi connectivity index (χ3v) is 3.96. The molecule has 0 aliphatic heterocycles. The first kappa shape index (κ1) is 20.1. The van der Waals surface area contributed by atoms with Crippen LogP contribution in [0.5, 0.6) is 0 Å². The van der Waals surface area contributed by atoms with Crippen molar-refractivity contribution in [3.8, 4) is 0 Å². The second kappa shape index (κ2) is 8.95. The maximum absolute atomic E-state index is 11.9. The lowest BCUT2D eigenvalue weighted by atomic mass is 10.1. The zero-order valence-electron chi connectivity index (χ0n) is 14.7. The van der Waals surface area contributed by atoms with E-state index in [9.17, 15) is 19.7 Å². The van der Waals surface area contributed by atoms with Crippen LogP contribution >= 0.6 is 11.6 Å². The molecule has 2 aromatic rings. The normalized spacial score (nSPS) is 10.6. The maximum Gasteiger partial charge on any atom is 0.331 e. The fourth-order valence-electron chi connectivity index (χ4n) is 2.16. The van der Waals surface area contributed by atoms with E-state index in [-0.39, 0.29) is 11.4 Å². The number of rotatable bonds is 6. The number of nitrogens with one attached hydrogen (secondary N) is 1. The van der Waals surface area contributed by atoms with Gasteiger partial charge >= 0.3 is 5.97 Å². The molecule has 0 saturated carbocycles. The minimum absolute atomic E-state index is 0.0563. The minimum Gasteiger partial charge on any atom is -0.452 e. The smallest absolute Gasteiger partial charge is 0.331 e. The number of anilines is 1. The number of nitrogens with zero attached hydrogens (tertiary/aromatic N) is 1. The number of carbonyl (C=O) groups excluding carboxylic acids is 2. The summed E-state index contributed by atoms with van der Waals surface area (Å²) in [6.07, 6.45) is 2.69. The molecule has 0 aliphatic carbocycles. The SMILES string of the molecule is Cc1cc(NC(=O)COC(=O)/C=C/c2ccc(Cl)cc2)c([N+](=O)[O-])cc1C. The highest BCUT2D eigenvalue weighted by molar-refractivity contribution is 6.30. The Labute approximate surface area is 160 Å². The summed E-state index contributed by atoms with van der Waals surface area (Å²) in [5.74, 6) is -1.38. The maximum atomic E-state index is 11.9. The molecule has 140 valence electrons. The summed E-state index contributed by atoms with van der Waals surface area (Å²) in [6, 6.07) is 9.68. The number of carbonyl (C=O) groups is 2. The number of aryl methyl sites for hydroxylation is 2. The van der Waals surface area contributed by atoms with Crippen LogP contribution in [0.4, 0.5) is 11.4 Å². The van der Waals surface area contributed by atoms with Gasteiger partial charge in [-0.05, 0) is 54.8 Å². The van der Waals surface area contributed by atoms with E-state index in [4.69, 9.17) is 16.3 Å². The number of benzene rings is 2.